The van der Waals surface area contributed by atoms with Crippen molar-refractivity contribution >= 4 is 11.8 Å². The van der Waals surface area contributed by atoms with E-state index in [9.17, 15) is 9.59 Å². The van der Waals surface area contributed by atoms with Crippen molar-refractivity contribution in [1.82, 2.24) is 4.90 Å². The molecule has 4 bridgehead atoms. The van der Waals surface area contributed by atoms with Gasteiger partial charge in [0.2, 0.25) is 5.91 Å². The van der Waals surface area contributed by atoms with Gasteiger partial charge in [0.05, 0.1) is 12.0 Å². The molecular formula is C8H7NO2. The molecule has 2 atom stereocenters. The van der Waals surface area contributed by atoms with Gasteiger partial charge in [0.15, 0.2) is 0 Å². The molecule has 2 fully saturated rings. The van der Waals surface area contributed by atoms with Crippen molar-refractivity contribution in [3.8, 4) is 0 Å². The number of amides is 2. The first kappa shape index (κ1) is 5.52. The van der Waals surface area contributed by atoms with Crippen LogP contribution in [0.4, 0.5) is 0 Å². The molecule has 0 saturated carbocycles. The van der Waals surface area contributed by atoms with E-state index in [4.69, 9.17) is 0 Å². The van der Waals surface area contributed by atoms with Crippen molar-refractivity contribution in [2.24, 2.45) is 5.92 Å². The highest BCUT2D eigenvalue weighted by molar-refractivity contribution is 6.17. The average Bonchev–Trinajstić information content (AvgIpc) is 2.38. The zero-order valence-corrected chi connectivity index (χ0v) is 5.91. The first-order valence-corrected chi connectivity index (χ1v) is 3.88. The van der Waals surface area contributed by atoms with E-state index in [1.165, 1.54) is 4.90 Å². The van der Waals surface area contributed by atoms with E-state index in [1.54, 1.807) is 0 Å². The van der Waals surface area contributed by atoms with Gasteiger partial charge in [-0.15, -0.1) is 0 Å². The zero-order chi connectivity index (χ0) is 7.59. The second-order valence-corrected chi connectivity index (χ2v) is 3.33. The fourth-order valence-electron chi connectivity index (χ4n) is 2.30. The lowest BCUT2D eigenvalue weighted by Gasteiger charge is -2.29. The van der Waals surface area contributed by atoms with Crippen LogP contribution in [0.1, 0.15) is 12.8 Å². The van der Waals surface area contributed by atoms with Gasteiger partial charge < -0.3 is 0 Å². The number of hydrogen-bond acceptors (Lipinski definition) is 2. The van der Waals surface area contributed by atoms with Crippen LogP contribution in [-0.2, 0) is 9.59 Å². The van der Waals surface area contributed by atoms with E-state index < -0.39 is 0 Å². The average molecular weight is 149 g/mol. The lowest BCUT2D eigenvalue weighted by atomic mass is 9.85. The van der Waals surface area contributed by atoms with Crippen LogP contribution in [0.25, 0.3) is 0 Å². The molecule has 1 aliphatic carbocycles. The first-order valence-electron chi connectivity index (χ1n) is 3.88. The summed E-state index contributed by atoms with van der Waals surface area (Å²) in [6, 6.07) is 0.120. The third kappa shape index (κ3) is 0.414. The maximum Gasteiger partial charge on any atom is 0.257 e. The summed E-state index contributed by atoms with van der Waals surface area (Å²) in [5.74, 6) is -0.0428. The summed E-state index contributed by atoms with van der Waals surface area (Å²) in [6.07, 6.45) is 3.82. The van der Waals surface area contributed by atoms with E-state index in [-0.39, 0.29) is 23.8 Å². The Morgan fingerprint density at radius 2 is 2.18 bits per heavy atom. The third-order valence-corrected chi connectivity index (χ3v) is 2.83. The molecule has 4 aliphatic rings. The number of carbonyl (C=O) groups is 2. The van der Waals surface area contributed by atoms with Gasteiger partial charge in [0.25, 0.3) is 5.91 Å². The number of rotatable bonds is 0. The summed E-state index contributed by atoms with van der Waals surface area (Å²) < 4.78 is 0. The highest BCUT2D eigenvalue weighted by Gasteiger charge is 2.54. The van der Waals surface area contributed by atoms with Gasteiger partial charge in [-0.1, -0.05) is 6.08 Å². The number of hydrogen-bond donors (Lipinski definition) is 0. The molecule has 0 N–H and O–H groups in total. The predicted octanol–water partition coefficient (Wildman–Crippen LogP) is 0.0738. The van der Waals surface area contributed by atoms with Crippen LogP contribution in [-0.4, -0.2) is 22.8 Å². The van der Waals surface area contributed by atoms with Crippen molar-refractivity contribution < 1.29 is 9.59 Å². The molecule has 2 amide bonds. The number of carbonyl (C=O) groups excluding carboxylic acids is 2. The molecule has 11 heavy (non-hydrogen) atoms. The van der Waals surface area contributed by atoms with Crippen LogP contribution >= 0.6 is 0 Å². The van der Waals surface area contributed by atoms with E-state index in [0.29, 0.717) is 0 Å². The molecule has 3 nitrogen and oxygen atoms in total. The first-order chi connectivity index (χ1) is 5.29. The highest BCUT2D eigenvalue weighted by Crippen LogP contribution is 2.43. The van der Waals surface area contributed by atoms with E-state index in [0.717, 1.165) is 18.4 Å². The second-order valence-electron chi connectivity index (χ2n) is 3.33. The SMILES string of the molecule is O=C1C2=CC3CCC2C(=O)N13. The van der Waals surface area contributed by atoms with Gasteiger partial charge in [-0.2, -0.15) is 0 Å². The van der Waals surface area contributed by atoms with E-state index in [1.807, 2.05) is 6.08 Å². The molecule has 0 aromatic rings. The second kappa shape index (κ2) is 1.40. The third-order valence-electron chi connectivity index (χ3n) is 2.83. The van der Waals surface area contributed by atoms with Crippen LogP contribution in [0.2, 0.25) is 0 Å². The van der Waals surface area contributed by atoms with E-state index in [2.05, 4.69) is 0 Å². The summed E-state index contributed by atoms with van der Waals surface area (Å²) in [4.78, 5) is 24.0. The van der Waals surface area contributed by atoms with Gasteiger partial charge in [-0.25, -0.2) is 0 Å². The summed E-state index contributed by atoms with van der Waals surface area (Å²) in [5, 5.41) is 0. The number of nitrogens with zero attached hydrogens (tertiary/aromatic N) is 1. The Morgan fingerprint density at radius 1 is 1.36 bits per heavy atom. The summed E-state index contributed by atoms with van der Waals surface area (Å²) in [6.45, 7) is 0. The molecular weight excluding hydrogens is 142 g/mol. The Balaban J connectivity index is 2.26. The fraction of sp³-hybridized carbons (Fsp3) is 0.500. The monoisotopic (exact) mass is 149 g/mol. The summed E-state index contributed by atoms with van der Waals surface area (Å²) in [5.41, 5.74) is 0.770. The predicted molar refractivity (Wildman–Crippen MR) is 36.4 cm³/mol. The lowest BCUT2D eigenvalue weighted by Crippen LogP contribution is -2.42. The fourth-order valence-corrected chi connectivity index (χ4v) is 2.30. The Hall–Kier alpha value is -1.12. The molecule has 56 valence electrons. The molecule has 3 heteroatoms. The molecule has 2 saturated heterocycles. The van der Waals surface area contributed by atoms with Gasteiger partial charge in [-0.05, 0) is 12.8 Å². The number of imide groups is 1. The Morgan fingerprint density at radius 3 is 2.64 bits per heavy atom. The minimum absolute atomic E-state index is 0.0255. The van der Waals surface area contributed by atoms with Crippen LogP contribution < -0.4 is 0 Å². The summed E-state index contributed by atoms with van der Waals surface area (Å²) in [7, 11) is 0. The normalized spacial score (nSPS) is 38.9. The standard InChI is InChI=1S/C8H7NO2/c10-7-5-2-1-4-3-6(5)8(11)9(4)7/h3-5H,1-2H2. The van der Waals surface area contributed by atoms with Crippen LogP contribution in [0.15, 0.2) is 11.6 Å². The van der Waals surface area contributed by atoms with Crippen LogP contribution in [0, 0.1) is 5.92 Å². The largest absolute Gasteiger partial charge is 0.274 e. The van der Waals surface area contributed by atoms with Crippen LogP contribution in [0.5, 0.6) is 0 Å². The smallest absolute Gasteiger partial charge is 0.257 e. The molecule has 4 rings (SSSR count). The maximum atomic E-state index is 11.3. The molecule has 2 unspecified atom stereocenters. The Bertz CT molecular complexity index is 305. The van der Waals surface area contributed by atoms with Gasteiger partial charge in [-0.3, -0.25) is 14.5 Å². The Kier molecular flexibility index (Phi) is 0.700. The number of fused-ring (bicyclic) bond motifs is 1. The highest BCUT2D eigenvalue weighted by atomic mass is 16.2. The molecule has 0 aromatic heterocycles. The quantitative estimate of drug-likeness (QED) is 0.457. The van der Waals surface area contributed by atoms with Crippen LogP contribution in [0.3, 0.4) is 0 Å². The van der Waals surface area contributed by atoms with Gasteiger partial charge >= 0.3 is 0 Å². The molecule has 0 aromatic carbocycles. The molecule has 0 spiro atoms. The topological polar surface area (TPSA) is 37.4 Å². The maximum absolute atomic E-state index is 11.3. The molecule has 3 heterocycles. The van der Waals surface area contributed by atoms with Crippen molar-refractivity contribution in [2.75, 3.05) is 0 Å². The van der Waals surface area contributed by atoms with Gasteiger partial charge in [0, 0.05) is 5.57 Å². The van der Waals surface area contributed by atoms with Crippen molar-refractivity contribution in [2.45, 2.75) is 18.9 Å². The lowest BCUT2D eigenvalue weighted by molar-refractivity contribution is -0.142. The van der Waals surface area contributed by atoms with E-state index >= 15 is 0 Å². The number of piperidine rings is 1. The summed E-state index contributed by atoms with van der Waals surface area (Å²) >= 11 is 0. The van der Waals surface area contributed by atoms with Crippen molar-refractivity contribution in [3.05, 3.63) is 11.6 Å². The van der Waals surface area contributed by atoms with Crippen molar-refractivity contribution in [3.63, 3.8) is 0 Å². The van der Waals surface area contributed by atoms with Gasteiger partial charge in [0.1, 0.15) is 0 Å². The van der Waals surface area contributed by atoms with Crippen molar-refractivity contribution in [1.29, 1.82) is 0 Å². The molecule has 0 radical (unpaired) electrons. The zero-order valence-electron chi connectivity index (χ0n) is 5.91. The minimum atomic E-state index is -0.0625. The minimum Gasteiger partial charge on any atom is -0.274 e. The molecule has 3 aliphatic heterocycles. The Labute approximate surface area is 63.7 Å².